The second-order valence-electron chi connectivity index (χ2n) is 5.02. The van der Waals surface area contributed by atoms with Gasteiger partial charge in [0.1, 0.15) is 5.76 Å². The number of carbonyl (C=O) groups is 2. The Labute approximate surface area is 147 Å². The van der Waals surface area contributed by atoms with E-state index >= 15 is 0 Å². The Balaban J connectivity index is 1.94. The van der Waals surface area contributed by atoms with Crippen LogP contribution in [0.4, 0.5) is 5.69 Å². The molecule has 1 atom stereocenters. The Hall–Kier alpha value is -2.81. The normalized spacial score (nSPS) is 11.6. The van der Waals surface area contributed by atoms with E-state index in [1.165, 1.54) is 30.2 Å². The van der Waals surface area contributed by atoms with Gasteiger partial charge in [0.05, 0.1) is 27.7 Å². The monoisotopic (exact) mass is 364 g/mol. The molecule has 8 nitrogen and oxygen atoms in total. The number of amides is 1. The summed E-state index contributed by atoms with van der Waals surface area (Å²) in [6.07, 6.45) is 3.19. The van der Waals surface area contributed by atoms with Crippen molar-refractivity contribution in [2.75, 3.05) is 12.9 Å². The van der Waals surface area contributed by atoms with Crippen molar-refractivity contribution in [2.24, 2.45) is 0 Å². The summed E-state index contributed by atoms with van der Waals surface area (Å²) in [7, 11) is 0. The van der Waals surface area contributed by atoms with Crippen molar-refractivity contribution in [3.05, 3.63) is 58.0 Å². The van der Waals surface area contributed by atoms with Crippen LogP contribution in [-0.2, 0) is 9.53 Å². The van der Waals surface area contributed by atoms with Gasteiger partial charge in [-0.05, 0) is 37.4 Å². The largest absolute Gasteiger partial charge is 0.467 e. The van der Waals surface area contributed by atoms with Crippen molar-refractivity contribution in [3.63, 3.8) is 0 Å². The molecule has 132 valence electrons. The molecule has 0 unspecified atom stereocenters. The Bertz CT molecular complexity index is 775. The lowest BCUT2D eigenvalue weighted by atomic mass is 10.2. The van der Waals surface area contributed by atoms with Crippen molar-refractivity contribution in [1.29, 1.82) is 0 Å². The summed E-state index contributed by atoms with van der Waals surface area (Å²) >= 11 is 1.20. The van der Waals surface area contributed by atoms with Gasteiger partial charge in [0.15, 0.2) is 6.61 Å². The smallest absolute Gasteiger partial charge is 0.338 e. The average molecular weight is 364 g/mol. The number of nitrogens with zero attached hydrogens (tertiary/aromatic N) is 1. The fraction of sp³-hybridized carbons (Fsp3) is 0.250. The molecule has 0 aliphatic heterocycles. The summed E-state index contributed by atoms with van der Waals surface area (Å²) in [6.45, 7) is 1.23. The minimum absolute atomic E-state index is 0.0105. The summed E-state index contributed by atoms with van der Waals surface area (Å²) in [5.74, 6) is -0.744. The summed E-state index contributed by atoms with van der Waals surface area (Å²) in [4.78, 5) is 34.7. The number of furan rings is 1. The van der Waals surface area contributed by atoms with Crippen LogP contribution in [0.25, 0.3) is 0 Å². The third kappa shape index (κ3) is 4.83. The van der Waals surface area contributed by atoms with Crippen LogP contribution in [0.1, 0.15) is 29.1 Å². The Morgan fingerprint density at radius 3 is 2.76 bits per heavy atom. The van der Waals surface area contributed by atoms with Crippen LogP contribution in [0.5, 0.6) is 0 Å². The van der Waals surface area contributed by atoms with Crippen molar-refractivity contribution in [1.82, 2.24) is 5.32 Å². The van der Waals surface area contributed by atoms with Gasteiger partial charge in [0.2, 0.25) is 0 Å². The number of hydrogen-bond donors (Lipinski definition) is 1. The molecule has 1 N–H and O–H groups in total. The first-order valence-electron chi connectivity index (χ1n) is 7.24. The molecule has 25 heavy (non-hydrogen) atoms. The highest BCUT2D eigenvalue weighted by molar-refractivity contribution is 7.98. The molecule has 0 saturated heterocycles. The van der Waals surface area contributed by atoms with Crippen LogP contribution in [0.15, 0.2) is 45.9 Å². The number of carbonyl (C=O) groups excluding carboxylic acids is 2. The second kappa shape index (κ2) is 8.34. The Morgan fingerprint density at radius 1 is 1.40 bits per heavy atom. The quantitative estimate of drug-likeness (QED) is 0.348. The van der Waals surface area contributed by atoms with Gasteiger partial charge in [0.25, 0.3) is 11.6 Å². The lowest BCUT2D eigenvalue weighted by Gasteiger charge is -2.11. The minimum Gasteiger partial charge on any atom is -0.467 e. The maximum atomic E-state index is 12.0. The number of esters is 1. The average Bonchev–Trinajstić information content (AvgIpc) is 3.13. The Morgan fingerprint density at radius 2 is 2.16 bits per heavy atom. The Kier molecular flexibility index (Phi) is 6.18. The zero-order valence-corrected chi connectivity index (χ0v) is 14.4. The number of thioether (sulfide) groups is 1. The van der Waals surface area contributed by atoms with Crippen molar-refractivity contribution in [3.8, 4) is 0 Å². The molecule has 0 radical (unpaired) electrons. The van der Waals surface area contributed by atoms with Gasteiger partial charge >= 0.3 is 5.97 Å². The lowest BCUT2D eigenvalue weighted by molar-refractivity contribution is -0.387. The molecule has 0 aliphatic carbocycles. The maximum absolute atomic E-state index is 12.0. The summed E-state index contributed by atoms with van der Waals surface area (Å²) < 4.78 is 10.1. The van der Waals surface area contributed by atoms with Gasteiger partial charge in [-0.3, -0.25) is 14.9 Å². The number of nitrogens with one attached hydrogen (secondary N) is 1. The van der Waals surface area contributed by atoms with Gasteiger partial charge in [-0.1, -0.05) is 0 Å². The van der Waals surface area contributed by atoms with Crippen LogP contribution < -0.4 is 5.32 Å². The number of hydrogen-bond acceptors (Lipinski definition) is 7. The molecule has 2 aromatic rings. The molecule has 1 aromatic heterocycles. The van der Waals surface area contributed by atoms with Crippen molar-refractivity contribution < 1.29 is 23.7 Å². The molecule has 0 aliphatic rings. The van der Waals surface area contributed by atoms with Gasteiger partial charge in [-0.15, -0.1) is 11.8 Å². The predicted octanol–water partition coefficient (Wildman–Crippen LogP) is 2.94. The van der Waals surface area contributed by atoms with Crippen molar-refractivity contribution in [2.45, 2.75) is 17.9 Å². The maximum Gasteiger partial charge on any atom is 0.338 e. The number of ether oxygens (including phenoxy) is 1. The van der Waals surface area contributed by atoms with E-state index in [2.05, 4.69) is 5.32 Å². The van der Waals surface area contributed by atoms with Crippen LogP contribution in [-0.4, -0.2) is 29.7 Å². The second-order valence-corrected chi connectivity index (χ2v) is 5.87. The molecular formula is C16H16N2O6S. The van der Waals surface area contributed by atoms with Crippen LogP contribution in [0.3, 0.4) is 0 Å². The van der Waals surface area contributed by atoms with E-state index < -0.39 is 23.4 Å². The third-order valence-corrected chi connectivity index (χ3v) is 4.08. The fourth-order valence-corrected chi connectivity index (χ4v) is 2.61. The molecule has 0 fully saturated rings. The fourth-order valence-electron chi connectivity index (χ4n) is 2.07. The molecule has 0 spiro atoms. The van der Waals surface area contributed by atoms with Crippen LogP contribution in [0.2, 0.25) is 0 Å². The van der Waals surface area contributed by atoms with Gasteiger partial charge in [-0.25, -0.2) is 4.79 Å². The number of benzene rings is 1. The number of nitro groups is 1. The van der Waals surface area contributed by atoms with E-state index in [9.17, 15) is 19.7 Å². The molecular weight excluding hydrogens is 348 g/mol. The minimum atomic E-state index is -0.809. The van der Waals surface area contributed by atoms with E-state index in [1.54, 1.807) is 25.3 Å². The standard InChI is InChI=1S/C16H16N2O6S/c1-10(13-4-3-7-23-13)17-15(19)9-24-16(20)11-5-6-14(25-2)12(8-11)18(21)22/h3-8,10H,9H2,1-2H3,(H,17,19)/t10-/m1/s1. The van der Waals surface area contributed by atoms with E-state index in [-0.39, 0.29) is 17.3 Å². The topological polar surface area (TPSA) is 112 Å². The third-order valence-electron chi connectivity index (χ3n) is 3.29. The highest BCUT2D eigenvalue weighted by Crippen LogP contribution is 2.28. The highest BCUT2D eigenvalue weighted by Gasteiger charge is 2.19. The van der Waals surface area contributed by atoms with Crippen LogP contribution >= 0.6 is 11.8 Å². The molecule has 1 heterocycles. The number of rotatable bonds is 7. The van der Waals surface area contributed by atoms with Gasteiger partial charge in [0, 0.05) is 6.07 Å². The molecule has 1 aromatic carbocycles. The lowest BCUT2D eigenvalue weighted by Crippen LogP contribution is -2.31. The zero-order valence-electron chi connectivity index (χ0n) is 13.6. The first kappa shape index (κ1) is 18.5. The SMILES string of the molecule is CSc1ccc(C(=O)OCC(=O)N[C@H](C)c2ccco2)cc1[N+](=O)[O-]. The van der Waals surface area contributed by atoms with E-state index in [1.807, 2.05) is 0 Å². The van der Waals surface area contributed by atoms with E-state index in [4.69, 9.17) is 9.15 Å². The van der Waals surface area contributed by atoms with E-state index in [0.29, 0.717) is 10.7 Å². The zero-order chi connectivity index (χ0) is 18.4. The summed E-state index contributed by atoms with van der Waals surface area (Å²) in [5.41, 5.74) is -0.172. The molecule has 0 saturated carbocycles. The van der Waals surface area contributed by atoms with Crippen molar-refractivity contribution >= 4 is 29.3 Å². The first-order valence-corrected chi connectivity index (χ1v) is 8.47. The molecule has 2 rings (SSSR count). The highest BCUT2D eigenvalue weighted by atomic mass is 32.2. The first-order chi connectivity index (χ1) is 11.9. The van der Waals surface area contributed by atoms with Crippen LogP contribution in [0, 0.1) is 10.1 Å². The van der Waals surface area contributed by atoms with E-state index in [0.717, 1.165) is 6.07 Å². The predicted molar refractivity (Wildman–Crippen MR) is 90.4 cm³/mol. The molecule has 1 amide bonds. The molecule has 0 bridgehead atoms. The number of nitro benzene ring substituents is 1. The summed E-state index contributed by atoms with van der Waals surface area (Å²) in [6, 6.07) is 7.07. The molecule has 9 heteroatoms. The summed E-state index contributed by atoms with van der Waals surface area (Å²) in [5, 5.41) is 13.6. The van der Waals surface area contributed by atoms with Gasteiger partial charge in [-0.2, -0.15) is 0 Å². The van der Waals surface area contributed by atoms with Gasteiger partial charge < -0.3 is 14.5 Å².